The zero-order valence-corrected chi connectivity index (χ0v) is 25.1. The molecule has 5 aromatic rings. The lowest BCUT2D eigenvalue weighted by Gasteiger charge is -2.14. The molecule has 230 valence electrons. The summed E-state index contributed by atoms with van der Waals surface area (Å²) in [5, 5.41) is 3.35. The van der Waals surface area contributed by atoms with Crippen LogP contribution in [0.5, 0.6) is 17.2 Å². The molecule has 1 unspecified atom stereocenters. The molecule has 1 saturated heterocycles. The van der Waals surface area contributed by atoms with Crippen molar-refractivity contribution in [2.75, 3.05) is 11.9 Å². The van der Waals surface area contributed by atoms with Crippen molar-refractivity contribution in [3.8, 4) is 22.9 Å². The Kier molecular flexibility index (Phi) is 7.37. The molecule has 1 aliphatic carbocycles. The van der Waals surface area contributed by atoms with Crippen LogP contribution in [0.15, 0.2) is 83.8 Å². The molecule has 2 aromatic heterocycles. The number of halogens is 1. The molecule has 45 heavy (non-hydrogen) atoms. The first-order chi connectivity index (χ1) is 21.8. The Morgan fingerprint density at radius 2 is 1.89 bits per heavy atom. The van der Waals surface area contributed by atoms with Crippen LogP contribution in [-0.2, 0) is 11.8 Å². The molecule has 2 fully saturated rings. The number of hydrogen-bond donors (Lipinski definition) is 1. The lowest BCUT2D eigenvalue weighted by molar-refractivity contribution is 0.0175. The number of para-hydroxylation sites is 1. The van der Waals surface area contributed by atoms with E-state index in [0.29, 0.717) is 40.4 Å². The standard InChI is InChI=1S/C35H33FN4O5/c1-22-32(34(42)40(39(22)2)24-6-4-3-5-7-24)33(41)38-23-8-11-31(28(36)20-23)44-30-13-18-37-29-21-26(9-10-27(29)30)43-19-14-25-12-15-35(45-25)16-17-35/h3-11,13,18,20-21,25H,12,14-17,19H2,1-2H3,(H,38,41). The fourth-order valence-corrected chi connectivity index (χ4v) is 6.00. The molecule has 1 amide bonds. The summed E-state index contributed by atoms with van der Waals surface area (Å²) in [6, 6.07) is 20.4. The first-order valence-electron chi connectivity index (χ1n) is 15.1. The molecule has 7 rings (SSSR count). The molecule has 0 bridgehead atoms. The Labute approximate surface area is 259 Å². The van der Waals surface area contributed by atoms with Crippen LogP contribution in [0.25, 0.3) is 16.6 Å². The Morgan fingerprint density at radius 1 is 1.07 bits per heavy atom. The minimum absolute atomic E-state index is 0.0202. The van der Waals surface area contributed by atoms with Crippen molar-refractivity contribution in [2.45, 2.75) is 50.7 Å². The average molecular weight is 609 g/mol. The molecule has 1 saturated carbocycles. The second-order valence-electron chi connectivity index (χ2n) is 11.7. The van der Waals surface area contributed by atoms with E-state index in [1.165, 1.54) is 29.7 Å². The summed E-state index contributed by atoms with van der Waals surface area (Å²) in [5.41, 5.74) is 1.65. The number of fused-ring (bicyclic) bond motifs is 1. The molecule has 3 aromatic carbocycles. The Hall–Kier alpha value is -4.96. The van der Waals surface area contributed by atoms with Crippen LogP contribution >= 0.6 is 0 Å². The first kappa shape index (κ1) is 28.8. The van der Waals surface area contributed by atoms with E-state index in [1.54, 1.807) is 43.0 Å². The minimum Gasteiger partial charge on any atom is -0.493 e. The number of carbonyl (C=O) groups is 1. The molecule has 10 heteroatoms. The van der Waals surface area contributed by atoms with Gasteiger partial charge in [-0.2, -0.15) is 0 Å². The van der Waals surface area contributed by atoms with E-state index < -0.39 is 17.3 Å². The van der Waals surface area contributed by atoms with Crippen molar-refractivity contribution in [3.63, 3.8) is 0 Å². The van der Waals surface area contributed by atoms with Crippen molar-refractivity contribution in [1.82, 2.24) is 14.3 Å². The van der Waals surface area contributed by atoms with Crippen LogP contribution < -0.4 is 20.3 Å². The van der Waals surface area contributed by atoms with Crippen LogP contribution in [0.4, 0.5) is 10.1 Å². The minimum atomic E-state index is -0.675. The number of benzene rings is 3. The normalized spacial score (nSPS) is 16.6. The van der Waals surface area contributed by atoms with Gasteiger partial charge in [0.05, 0.1) is 35.2 Å². The lowest BCUT2D eigenvalue weighted by atomic mass is 10.1. The smallest absolute Gasteiger partial charge is 0.284 e. The molecule has 1 spiro atoms. The molecule has 0 radical (unpaired) electrons. The third kappa shape index (κ3) is 5.69. The van der Waals surface area contributed by atoms with E-state index in [2.05, 4.69) is 10.3 Å². The van der Waals surface area contributed by atoms with Crippen molar-refractivity contribution < 1.29 is 23.4 Å². The monoisotopic (exact) mass is 608 g/mol. The van der Waals surface area contributed by atoms with Crippen LogP contribution in [0.3, 0.4) is 0 Å². The maximum atomic E-state index is 15.2. The van der Waals surface area contributed by atoms with Crippen molar-refractivity contribution in [3.05, 3.63) is 106 Å². The number of nitrogens with one attached hydrogen (secondary N) is 1. The summed E-state index contributed by atoms with van der Waals surface area (Å²) >= 11 is 0. The van der Waals surface area contributed by atoms with E-state index in [9.17, 15) is 9.59 Å². The number of hydrogen-bond acceptors (Lipinski definition) is 6. The molecular formula is C35H33FN4O5. The highest BCUT2D eigenvalue weighted by atomic mass is 19.1. The van der Waals surface area contributed by atoms with Gasteiger partial charge < -0.3 is 19.5 Å². The molecule has 9 nitrogen and oxygen atoms in total. The number of aromatic nitrogens is 3. The summed E-state index contributed by atoms with van der Waals surface area (Å²) < 4.78 is 36.3. The van der Waals surface area contributed by atoms with Crippen LogP contribution in [0.1, 0.15) is 48.2 Å². The van der Waals surface area contributed by atoms with E-state index in [0.717, 1.165) is 25.3 Å². The quantitative estimate of drug-likeness (QED) is 0.200. The third-order valence-electron chi connectivity index (χ3n) is 8.72. The zero-order chi connectivity index (χ0) is 31.1. The summed E-state index contributed by atoms with van der Waals surface area (Å²) in [5.74, 6) is -0.199. The molecule has 2 aliphatic rings. The predicted molar refractivity (Wildman–Crippen MR) is 168 cm³/mol. The van der Waals surface area contributed by atoms with Crippen molar-refractivity contribution in [2.24, 2.45) is 7.05 Å². The molecule has 1 atom stereocenters. The third-order valence-corrected chi connectivity index (χ3v) is 8.72. The number of amides is 1. The second kappa shape index (κ2) is 11.5. The van der Waals surface area contributed by atoms with Crippen LogP contribution in [0, 0.1) is 12.7 Å². The SMILES string of the molecule is Cc1c(C(=O)Nc2ccc(Oc3ccnc4cc(OCCC5CCC6(CC6)O5)ccc34)c(F)c2)c(=O)n(-c2ccccc2)n1C. The fraction of sp³-hybridized carbons (Fsp3) is 0.286. The van der Waals surface area contributed by atoms with E-state index >= 15 is 4.39 Å². The van der Waals surface area contributed by atoms with Crippen molar-refractivity contribution >= 4 is 22.5 Å². The second-order valence-corrected chi connectivity index (χ2v) is 11.7. The van der Waals surface area contributed by atoms with Crippen LogP contribution in [-0.4, -0.2) is 38.6 Å². The molecule has 1 N–H and O–H groups in total. The highest BCUT2D eigenvalue weighted by molar-refractivity contribution is 6.05. The number of nitrogens with zero attached hydrogens (tertiary/aromatic N) is 3. The van der Waals surface area contributed by atoms with Gasteiger partial charge in [-0.05, 0) is 75.1 Å². The largest absolute Gasteiger partial charge is 0.493 e. The van der Waals surface area contributed by atoms with Gasteiger partial charge in [-0.3, -0.25) is 19.3 Å². The predicted octanol–water partition coefficient (Wildman–Crippen LogP) is 6.70. The van der Waals surface area contributed by atoms with Gasteiger partial charge in [0.15, 0.2) is 11.6 Å². The molecule has 1 aliphatic heterocycles. The zero-order valence-electron chi connectivity index (χ0n) is 25.1. The van der Waals surface area contributed by atoms with Gasteiger partial charge in [0, 0.05) is 42.9 Å². The van der Waals surface area contributed by atoms with Gasteiger partial charge in [-0.25, -0.2) is 9.07 Å². The molecular weight excluding hydrogens is 575 g/mol. The topological polar surface area (TPSA) is 96.6 Å². The van der Waals surface area contributed by atoms with Gasteiger partial charge in [0.25, 0.3) is 11.5 Å². The number of pyridine rings is 1. The number of carbonyl (C=O) groups excluding carboxylic acids is 1. The highest BCUT2D eigenvalue weighted by Crippen LogP contribution is 2.50. The Balaban J connectivity index is 1.03. The fourth-order valence-electron chi connectivity index (χ4n) is 6.00. The maximum Gasteiger partial charge on any atom is 0.284 e. The number of anilines is 1. The number of ether oxygens (including phenoxy) is 3. The van der Waals surface area contributed by atoms with Crippen LogP contribution in [0.2, 0.25) is 0 Å². The van der Waals surface area contributed by atoms with E-state index in [4.69, 9.17) is 14.2 Å². The number of rotatable bonds is 9. The van der Waals surface area contributed by atoms with Crippen molar-refractivity contribution in [1.29, 1.82) is 0 Å². The highest BCUT2D eigenvalue weighted by Gasteiger charge is 2.49. The molecule has 3 heterocycles. The van der Waals surface area contributed by atoms with Gasteiger partial charge in [0.2, 0.25) is 0 Å². The summed E-state index contributed by atoms with van der Waals surface area (Å²) in [7, 11) is 1.71. The first-order valence-corrected chi connectivity index (χ1v) is 15.1. The summed E-state index contributed by atoms with van der Waals surface area (Å²) in [6.07, 6.45) is 7.32. The van der Waals surface area contributed by atoms with Gasteiger partial charge in [0.1, 0.15) is 17.1 Å². The Morgan fingerprint density at radius 3 is 2.64 bits per heavy atom. The summed E-state index contributed by atoms with van der Waals surface area (Å²) in [4.78, 5) is 30.8. The van der Waals surface area contributed by atoms with Gasteiger partial charge in [-0.15, -0.1) is 0 Å². The Bertz CT molecular complexity index is 1960. The average Bonchev–Trinajstić information content (AvgIpc) is 3.61. The van der Waals surface area contributed by atoms with Gasteiger partial charge >= 0.3 is 0 Å². The maximum absolute atomic E-state index is 15.2. The van der Waals surface area contributed by atoms with E-state index in [-0.39, 0.29) is 28.7 Å². The lowest BCUT2D eigenvalue weighted by Crippen LogP contribution is -2.25. The summed E-state index contributed by atoms with van der Waals surface area (Å²) in [6.45, 7) is 2.25. The van der Waals surface area contributed by atoms with Gasteiger partial charge in [-0.1, -0.05) is 18.2 Å². The van der Waals surface area contributed by atoms with E-state index in [1.807, 2.05) is 36.4 Å².